The van der Waals surface area contributed by atoms with Gasteiger partial charge in [-0.25, -0.2) is 9.50 Å². The van der Waals surface area contributed by atoms with E-state index >= 15 is 0 Å². The Morgan fingerprint density at radius 1 is 1.24 bits per heavy atom. The highest BCUT2D eigenvalue weighted by Gasteiger charge is 2.30. The highest BCUT2D eigenvalue weighted by molar-refractivity contribution is 6.30. The number of aryl methyl sites for hydroxylation is 1. The van der Waals surface area contributed by atoms with Crippen molar-refractivity contribution >= 4 is 23.2 Å². The van der Waals surface area contributed by atoms with Crippen LogP contribution in [-0.4, -0.2) is 39.0 Å². The van der Waals surface area contributed by atoms with Gasteiger partial charge in [-0.3, -0.25) is 14.7 Å². The zero-order chi connectivity index (χ0) is 17.7. The lowest BCUT2D eigenvalue weighted by molar-refractivity contribution is -0.126. The van der Waals surface area contributed by atoms with Gasteiger partial charge < -0.3 is 4.90 Å². The first kappa shape index (κ1) is 15.9. The van der Waals surface area contributed by atoms with Gasteiger partial charge in [-0.15, -0.1) is 0 Å². The van der Waals surface area contributed by atoms with E-state index in [0.29, 0.717) is 29.3 Å². The van der Waals surface area contributed by atoms with Gasteiger partial charge in [0.2, 0.25) is 5.91 Å². The van der Waals surface area contributed by atoms with Gasteiger partial charge in [-0.05, 0) is 24.6 Å². The quantitative estimate of drug-likeness (QED) is 0.767. The monoisotopic (exact) mass is 356 g/mol. The number of H-pyrrole nitrogens is 1. The molecule has 1 aliphatic rings. The molecule has 0 bridgehead atoms. The number of nitrogens with one attached hydrogen (secondary N) is 1. The summed E-state index contributed by atoms with van der Waals surface area (Å²) in [6.07, 6.45) is 0.388. The van der Waals surface area contributed by atoms with Gasteiger partial charge in [-0.2, -0.15) is 0 Å². The van der Waals surface area contributed by atoms with Gasteiger partial charge in [0.1, 0.15) is 0 Å². The molecule has 1 N–H and O–H groups in total. The van der Waals surface area contributed by atoms with Crippen LogP contribution in [0.5, 0.6) is 0 Å². The van der Waals surface area contributed by atoms with E-state index in [1.54, 1.807) is 11.9 Å². The minimum Gasteiger partial charge on any atom is -0.345 e. The Hall–Kier alpha value is -2.60. The maximum Gasteiger partial charge on any atom is 0.272 e. The summed E-state index contributed by atoms with van der Waals surface area (Å²) >= 11 is 5.98. The van der Waals surface area contributed by atoms with Crippen LogP contribution in [0.3, 0.4) is 0 Å². The predicted octanol–water partition coefficient (Wildman–Crippen LogP) is 2.60. The molecule has 0 spiro atoms. The number of aromatic amines is 1. The van der Waals surface area contributed by atoms with E-state index < -0.39 is 0 Å². The molecule has 2 aromatic heterocycles. The number of benzene rings is 1. The van der Waals surface area contributed by atoms with E-state index in [9.17, 15) is 9.59 Å². The third kappa shape index (κ3) is 2.62. The van der Waals surface area contributed by atoms with Gasteiger partial charge in [0.25, 0.3) is 5.56 Å². The number of hydrogen-bond donors (Lipinski definition) is 1. The normalized spacial score (nSPS) is 17.6. The average molecular weight is 357 g/mol. The molecule has 1 aromatic carbocycles. The molecule has 1 aliphatic heterocycles. The van der Waals surface area contributed by atoms with Crippen molar-refractivity contribution in [2.24, 2.45) is 0 Å². The van der Waals surface area contributed by atoms with E-state index in [1.165, 1.54) is 10.6 Å². The Morgan fingerprint density at radius 2 is 1.96 bits per heavy atom. The van der Waals surface area contributed by atoms with Crippen molar-refractivity contribution in [3.8, 4) is 11.1 Å². The summed E-state index contributed by atoms with van der Waals surface area (Å²) in [5.74, 6) is 0.0265. The van der Waals surface area contributed by atoms with Crippen molar-refractivity contribution in [2.75, 3.05) is 13.6 Å². The number of halogens is 1. The summed E-state index contributed by atoms with van der Waals surface area (Å²) in [5.41, 5.74) is 3.72. The number of likely N-dealkylation sites (tertiary alicyclic amines) is 1. The number of carbonyl (C=O) groups is 1. The Morgan fingerprint density at radius 3 is 2.60 bits per heavy atom. The number of hydrogen-bond acceptors (Lipinski definition) is 3. The number of amides is 1. The van der Waals surface area contributed by atoms with Crippen LogP contribution in [0.2, 0.25) is 5.02 Å². The molecule has 0 aliphatic carbocycles. The van der Waals surface area contributed by atoms with E-state index in [4.69, 9.17) is 16.6 Å². The zero-order valence-corrected chi connectivity index (χ0v) is 14.7. The molecule has 3 aromatic rings. The maximum atomic E-state index is 12.5. The number of rotatable bonds is 2. The van der Waals surface area contributed by atoms with Gasteiger partial charge in [0.15, 0.2) is 5.65 Å². The van der Waals surface area contributed by atoms with Crippen LogP contribution in [0, 0.1) is 6.92 Å². The molecule has 1 amide bonds. The zero-order valence-electron chi connectivity index (χ0n) is 13.9. The molecule has 6 nitrogen and oxygen atoms in total. The van der Waals surface area contributed by atoms with E-state index in [0.717, 1.165) is 16.8 Å². The summed E-state index contributed by atoms with van der Waals surface area (Å²) in [6, 6.07) is 8.96. The third-order valence-electron chi connectivity index (χ3n) is 4.71. The van der Waals surface area contributed by atoms with Crippen LogP contribution in [0.25, 0.3) is 16.8 Å². The van der Waals surface area contributed by atoms with Gasteiger partial charge in [0.05, 0.1) is 5.69 Å². The molecule has 1 saturated heterocycles. The van der Waals surface area contributed by atoms with Crippen molar-refractivity contribution < 1.29 is 4.79 Å². The summed E-state index contributed by atoms with van der Waals surface area (Å²) < 4.78 is 1.45. The van der Waals surface area contributed by atoms with Gasteiger partial charge in [-0.1, -0.05) is 23.7 Å². The van der Waals surface area contributed by atoms with E-state index in [1.807, 2.05) is 31.2 Å². The lowest BCUT2D eigenvalue weighted by Crippen LogP contribution is -2.20. The maximum absolute atomic E-state index is 12.5. The van der Waals surface area contributed by atoms with Gasteiger partial charge >= 0.3 is 0 Å². The lowest BCUT2D eigenvalue weighted by atomic mass is 10.0. The number of fused-ring (bicyclic) bond motifs is 1. The van der Waals surface area contributed by atoms with Crippen molar-refractivity contribution in [3.63, 3.8) is 0 Å². The van der Waals surface area contributed by atoms with Crippen LogP contribution in [-0.2, 0) is 4.79 Å². The molecular weight excluding hydrogens is 340 g/mol. The summed E-state index contributed by atoms with van der Waals surface area (Å²) in [6.45, 7) is 2.49. The SMILES string of the molecule is Cc1[nH]n2c(=O)cc(C3CC(=O)N(C)C3)nc2c1-c1ccc(Cl)cc1. The molecule has 128 valence electrons. The average Bonchev–Trinajstić information content (AvgIpc) is 3.08. The van der Waals surface area contributed by atoms with Crippen molar-refractivity contribution in [2.45, 2.75) is 19.3 Å². The van der Waals surface area contributed by atoms with Crippen LogP contribution in [0.4, 0.5) is 0 Å². The first-order valence-corrected chi connectivity index (χ1v) is 8.44. The first-order valence-electron chi connectivity index (χ1n) is 8.06. The molecule has 25 heavy (non-hydrogen) atoms. The molecule has 0 radical (unpaired) electrons. The molecule has 4 rings (SSSR count). The second kappa shape index (κ2) is 5.74. The van der Waals surface area contributed by atoms with Crippen molar-refractivity contribution in [1.29, 1.82) is 0 Å². The molecule has 1 atom stereocenters. The highest BCUT2D eigenvalue weighted by atomic mass is 35.5. The van der Waals surface area contributed by atoms with Crippen LogP contribution in [0.1, 0.15) is 23.7 Å². The Kier molecular flexibility index (Phi) is 3.65. The second-order valence-corrected chi connectivity index (χ2v) is 6.91. The molecule has 1 unspecified atom stereocenters. The minimum atomic E-state index is -0.176. The minimum absolute atomic E-state index is 0.0523. The van der Waals surface area contributed by atoms with E-state index in [-0.39, 0.29) is 17.4 Å². The molecule has 3 heterocycles. The first-order chi connectivity index (χ1) is 11.9. The van der Waals surface area contributed by atoms with Crippen molar-refractivity contribution in [3.05, 3.63) is 57.1 Å². The molecule has 7 heteroatoms. The standard InChI is InChI=1S/C18H17ClN4O2/c1-10-17(11-3-5-13(19)6-4-11)18-20-14(8-16(25)23(18)21-10)12-7-15(24)22(2)9-12/h3-6,8,12,21H,7,9H2,1-2H3. The summed E-state index contributed by atoms with van der Waals surface area (Å²) in [4.78, 5) is 30.8. The molecule has 0 saturated carbocycles. The Labute approximate surface area is 149 Å². The number of likely N-dealkylation sites (N-methyl/N-ethyl adjacent to an activating group) is 1. The largest absolute Gasteiger partial charge is 0.345 e. The van der Waals surface area contributed by atoms with Gasteiger partial charge in [0, 0.05) is 48.3 Å². The Balaban J connectivity index is 1.90. The van der Waals surface area contributed by atoms with Crippen LogP contribution >= 0.6 is 11.6 Å². The molecular formula is C18H17ClN4O2. The smallest absolute Gasteiger partial charge is 0.272 e. The van der Waals surface area contributed by atoms with E-state index in [2.05, 4.69) is 5.10 Å². The Bertz CT molecular complexity index is 1040. The molecule has 1 fully saturated rings. The number of aromatic nitrogens is 3. The van der Waals surface area contributed by atoms with Crippen LogP contribution < -0.4 is 5.56 Å². The topological polar surface area (TPSA) is 70.5 Å². The van der Waals surface area contributed by atoms with Crippen LogP contribution in [0.15, 0.2) is 35.1 Å². The lowest BCUT2D eigenvalue weighted by Gasteiger charge is -2.10. The second-order valence-electron chi connectivity index (χ2n) is 6.47. The summed E-state index contributed by atoms with van der Waals surface area (Å²) in [7, 11) is 1.77. The number of nitrogens with zero attached hydrogens (tertiary/aromatic N) is 3. The predicted molar refractivity (Wildman–Crippen MR) is 96.0 cm³/mol. The fraction of sp³-hybridized carbons (Fsp3) is 0.278. The third-order valence-corrected chi connectivity index (χ3v) is 4.96. The fourth-order valence-corrected chi connectivity index (χ4v) is 3.53. The highest BCUT2D eigenvalue weighted by Crippen LogP contribution is 2.30. The van der Waals surface area contributed by atoms with Crippen molar-refractivity contribution in [1.82, 2.24) is 19.5 Å². The number of carbonyl (C=O) groups excluding carboxylic acids is 1. The fourth-order valence-electron chi connectivity index (χ4n) is 3.40. The summed E-state index contributed by atoms with van der Waals surface area (Å²) in [5, 5.41) is 3.73.